The second kappa shape index (κ2) is 7.16. The van der Waals surface area contributed by atoms with Crippen molar-refractivity contribution in [2.24, 2.45) is 0 Å². The van der Waals surface area contributed by atoms with Crippen LogP contribution in [0.5, 0.6) is 0 Å². The number of methoxy groups -OCH3 is 1. The van der Waals surface area contributed by atoms with Crippen molar-refractivity contribution < 1.29 is 14.3 Å². The number of benzene rings is 1. The zero-order chi connectivity index (χ0) is 13.5. The number of hydrogen-bond donors (Lipinski definition) is 1. The van der Waals surface area contributed by atoms with Gasteiger partial charge in [-0.3, -0.25) is 4.79 Å². The van der Waals surface area contributed by atoms with Gasteiger partial charge < -0.3 is 10.1 Å². The van der Waals surface area contributed by atoms with Crippen molar-refractivity contribution in [1.29, 1.82) is 0 Å². The van der Waals surface area contributed by atoms with Crippen molar-refractivity contribution in [2.45, 2.75) is 25.8 Å². The van der Waals surface area contributed by atoms with E-state index >= 15 is 0 Å². The first-order valence-electron chi connectivity index (χ1n) is 5.71. The summed E-state index contributed by atoms with van der Waals surface area (Å²) in [4.78, 5) is 23.3. The topological polar surface area (TPSA) is 55.4 Å². The third kappa shape index (κ3) is 4.14. The molecular weight excluding hydrogens is 298 g/mol. The number of hydrogen-bond acceptors (Lipinski definition) is 3. The molecule has 1 aromatic rings. The van der Waals surface area contributed by atoms with E-state index in [0.29, 0.717) is 12.0 Å². The minimum Gasteiger partial charge on any atom is -0.467 e. The lowest BCUT2D eigenvalue weighted by atomic mass is 10.1. The fourth-order valence-corrected chi connectivity index (χ4v) is 1.78. The van der Waals surface area contributed by atoms with Gasteiger partial charge in [0.2, 0.25) is 5.91 Å². The fraction of sp³-hybridized carbons (Fsp3) is 0.385. The monoisotopic (exact) mass is 313 g/mol. The predicted molar refractivity (Wildman–Crippen MR) is 71.9 cm³/mol. The molecule has 5 heteroatoms. The molecule has 0 spiro atoms. The summed E-state index contributed by atoms with van der Waals surface area (Å²) in [5, 5.41) is 2.68. The van der Waals surface area contributed by atoms with Crippen molar-refractivity contribution in [1.82, 2.24) is 5.32 Å². The maximum Gasteiger partial charge on any atom is 0.333 e. The first kappa shape index (κ1) is 14.7. The van der Waals surface area contributed by atoms with Gasteiger partial charge >= 0.3 is 5.97 Å². The number of rotatable bonds is 5. The molecule has 0 unspecified atom stereocenters. The van der Waals surface area contributed by atoms with E-state index in [4.69, 9.17) is 4.74 Å². The first-order valence-corrected chi connectivity index (χ1v) is 6.50. The van der Waals surface area contributed by atoms with Crippen LogP contribution in [-0.2, 0) is 14.3 Å². The van der Waals surface area contributed by atoms with Crippen molar-refractivity contribution in [3.05, 3.63) is 34.3 Å². The van der Waals surface area contributed by atoms with Crippen molar-refractivity contribution in [3.63, 3.8) is 0 Å². The summed E-state index contributed by atoms with van der Waals surface area (Å²) < 4.78 is 5.62. The molecule has 0 aliphatic rings. The molecule has 0 saturated carbocycles. The highest BCUT2D eigenvalue weighted by atomic mass is 79.9. The SMILES string of the molecule is CCCC(=O)N[C@H](C(=O)OC)c1ccc(Br)cc1. The van der Waals surface area contributed by atoms with Crippen LogP contribution in [0, 0.1) is 0 Å². The van der Waals surface area contributed by atoms with Gasteiger partial charge in [0.25, 0.3) is 0 Å². The van der Waals surface area contributed by atoms with Crippen molar-refractivity contribution in [3.8, 4) is 0 Å². The number of halogens is 1. The molecule has 1 amide bonds. The maximum absolute atomic E-state index is 11.7. The third-order valence-electron chi connectivity index (χ3n) is 2.42. The molecule has 1 rings (SSSR count). The van der Waals surface area contributed by atoms with Crippen LogP contribution < -0.4 is 5.32 Å². The number of ether oxygens (including phenoxy) is 1. The molecule has 0 aromatic heterocycles. The molecular formula is C13H16BrNO3. The maximum atomic E-state index is 11.7. The number of carbonyl (C=O) groups is 2. The number of esters is 1. The molecule has 18 heavy (non-hydrogen) atoms. The molecule has 0 fully saturated rings. The molecule has 0 radical (unpaired) electrons. The zero-order valence-electron chi connectivity index (χ0n) is 10.4. The Labute approximate surface area is 115 Å². The van der Waals surface area contributed by atoms with Crippen LogP contribution in [0.2, 0.25) is 0 Å². The number of carbonyl (C=O) groups excluding carboxylic acids is 2. The van der Waals surface area contributed by atoms with Gasteiger partial charge in [0.1, 0.15) is 0 Å². The van der Waals surface area contributed by atoms with Gasteiger partial charge in [-0.25, -0.2) is 4.79 Å². The normalized spacial score (nSPS) is 11.7. The summed E-state index contributed by atoms with van der Waals surface area (Å²) >= 11 is 3.32. The fourth-order valence-electron chi connectivity index (χ4n) is 1.51. The minimum atomic E-state index is -0.748. The molecule has 0 aliphatic carbocycles. The Morgan fingerprint density at radius 2 is 1.94 bits per heavy atom. The molecule has 1 N–H and O–H groups in total. The highest BCUT2D eigenvalue weighted by Gasteiger charge is 2.22. The summed E-state index contributed by atoms with van der Waals surface area (Å²) in [6.45, 7) is 1.91. The lowest BCUT2D eigenvalue weighted by molar-refractivity contribution is -0.145. The molecule has 0 saturated heterocycles. The van der Waals surface area contributed by atoms with Gasteiger partial charge in [-0.2, -0.15) is 0 Å². The molecule has 4 nitrogen and oxygen atoms in total. The van der Waals surface area contributed by atoms with Crippen LogP contribution >= 0.6 is 15.9 Å². The van der Waals surface area contributed by atoms with Gasteiger partial charge in [-0.05, 0) is 24.1 Å². The Kier molecular flexibility index (Phi) is 5.85. The van der Waals surface area contributed by atoms with Gasteiger partial charge in [0.15, 0.2) is 6.04 Å². The van der Waals surface area contributed by atoms with E-state index in [9.17, 15) is 9.59 Å². The smallest absolute Gasteiger partial charge is 0.333 e. The van der Waals surface area contributed by atoms with E-state index in [1.54, 1.807) is 12.1 Å². The van der Waals surface area contributed by atoms with Crippen LogP contribution in [0.15, 0.2) is 28.7 Å². The average Bonchev–Trinajstić information content (AvgIpc) is 2.36. The van der Waals surface area contributed by atoms with Crippen molar-refractivity contribution >= 4 is 27.8 Å². The summed E-state index contributed by atoms with van der Waals surface area (Å²) in [5.41, 5.74) is 0.703. The highest BCUT2D eigenvalue weighted by Crippen LogP contribution is 2.18. The van der Waals surface area contributed by atoms with Gasteiger partial charge in [0.05, 0.1) is 7.11 Å². The quantitative estimate of drug-likeness (QED) is 0.850. The highest BCUT2D eigenvalue weighted by molar-refractivity contribution is 9.10. The van der Waals surface area contributed by atoms with Gasteiger partial charge in [0, 0.05) is 10.9 Å². The largest absolute Gasteiger partial charge is 0.467 e. The van der Waals surface area contributed by atoms with Gasteiger partial charge in [-0.15, -0.1) is 0 Å². The Hall–Kier alpha value is -1.36. The van der Waals surface area contributed by atoms with E-state index < -0.39 is 12.0 Å². The summed E-state index contributed by atoms with van der Waals surface area (Å²) in [5.74, 6) is -0.627. The molecule has 0 aliphatic heterocycles. The summed E-state index contributed by atoms with van der Waals surface area (Å²) in [6, 6.07) is 6.44. The van der Waals surface area contributed by atoms with E-state index in [1.807, 2.05) is 19.1 Å². The molecule has 1 atom stereocenters. The summed E-state index contributed by atoms with van der Waals surface area (Å²) in [6.07, 6.45) is 1.13. The Balaban J connectivity index is 2.88. The average molecular weight is 314 g/mol. The van der Waals surface area contributed by atoms with E-state index in [-0.39, 0.29) is 5.91 Å². The predicted octanol–water partition coefficient (Wildman–Crippen LogP) is 2.58. The van der Waals surface area contributed by atoms with Crippen molar-refractivity contribution in [2.75, 3.05) is 7.11 Å². The first-order chi connectivity index (χ1) is 8.58. The van der Waals surface area contributed by atoms with E-state index in [1.165, 1.54) is 7.11 Å². The van der Waals surface area contributed by atoms with Gasteiger partial charge in [-0.1, -0.05) is 35.0 Å². The Morgan fingerprint density at radius 1 is 1.33 bits per heavy atom. The van der Waals surface area contributed by atoms with E-state index in [2.05, 4.69) is 21.2 Å². The summed E-state index contributed by atoms with van der Waals surface area (Å²) in [7, 11) is 1.31. The lowest BCUT2D eigenvalue weighted by Crippen LogP contribution is -2.34. The number of nitrogens with one attached hydrogen (secondary N) is 1. The Morgan fingerprint density at radius 3 is 2.44 bits per heavy atom. The van der Waals surface area contributed by atoms with Crippen LogP contribution in [0.4, 0.5) is 0 Å². The molecule has 1 aromatic carbocycles. The third-order valence-corrected chi connectivity index (χ3v) is 2.95. The number of amides is 1. The van der Waals surface area contributed by atoms with Crippen LogP contribution in [0.25, 0.3) is 0 Å². The zero-order valence-corrected chi connectivity index (χ0v) is 12.0. The second-order valence-electron chi connectivity index (χ2n) is 3.83. The molecule has 98 valence electrons. The van der Waals surface area contributed by atoms with Crippen LogP contribution in [-0.4, -0.2) is 19.0 Å². The van der Waals surface area contributed by atoms with Crippen LogP contribution in [0.1, 0.15) is 31.4 Å². The van der Waals surface area contributed by atoms with Crippen LogP contribution in [0.3, 0.4) is 0 Å². The standard InChI is InChI=1S/C13H16BrNO3/c1-3-4-11(16)15-12(13(17)18-2)9-5-7-10(14)8-6-9/h5-8,12H,3-4H2,1-2H3,(H,15,16)/t12-/m0/s1. The Bertz CT molecular complexity index is 417. The van der Waals surface area contributed by atoms with E-state index in [0.717, 1.165) is 10.9 Å². The molecule has 0 bridgehead atoms. The lowest BCUT2D eigenvalue weighted by Gasteiger charge is -2.16. The second-order valence-corrected chi connectivity index (χ2v) is 4.74. The minimum absolute atomic E-state index is 0.157. The molecule has 0 heterocycles.